The predicted molar refractivity (Wildman–Crippen MR) is 70.4 cm³/mol. The molecule has 0 bridgehead atoms. The highest BCUT2D eigenvalue weighted by molar-refractivity contribution is 5.30. The molecule has 0 aliphatic heterocycles. The van der Waals surface area contributed by atoms with Crippen LogP contribution < -0.4 is 0 Å². The number of hydrogen-bond acceptors (Lipinski definition) is 2. The fourth-order valence-corrected chi connectivity index (χ4v) is 2.87. The van der Waals surface area contributed by atoms with Crippen LogP contribution in [0.15, 0.2) is 47.3 Å². The molecule has 0 fully saturated rings. The molecule has 94 valence electrons. The van der Waals surface area contributed by atoms with E-state index in [1.807, 2.05) is 6.07 Å². The van der Waals surface area contributed by atoms with E-state index in [1.165, 1.54) is 11.1 Å². The number of benzene rings is 1. The monoisotopic (exact) mass is 242 g/mol. The molecular formula is C16H18O2. The topological polar surface area (TPSA) is 33.4 Å². The van der Waals surface area contributed by atoms with Crippen molar-refractivity contribution in [3.05, 3.63) is 59.5 Å². The second-order valence-corrected chi connectivity index (χ2v) is 5.17. The average Bonchev–Trinajstić information content (AvgIpc) is 2.91. The second-order valence-electron chi connectivity index (χ2n) is 5.17. The third kappa shape index (κ3) is 2.34. The van der Waals surface area contributed by atoms with Crippen LogP contribution in [0.4, 0.5) is 0 Å². The number of aryl methyl sites for hydroxylation is 1. The zero-order valence-corrected chi connectivity index (χ0v) is 10.4. The molecule has 0 saturated carbocycles. The van der Waals surface area contributed by atoms with Crippen LogP contribution in [0.2, 0.25) is 0 Å². The van der Waals surface area contributed by atoms with Crippen LogP contribution in [0.1, 0.15) is 23.1 Å². The summed E-state index contributed by atoms with van der Waals surface area (Å²) >= 11 is 0. The Bertz CT molecular complexity index is 502. The Morgan fingerprint density at radius 3 is 2.83 bits per heavy atom. The molecular weight excluding hydrogens is 224 g/mol. The van der Waals surface area contributed by atoms with Crippen molar-refractivity contribution in [1.29, 1.82) is 0 Å². The minimum Gasteiger partial charge on any atom is -0.472 e. The van der Waals surface area contributed by atoms with Crippen molar-refractivity contribution in [3.8, 4) is 0 Å². The van der Waals surface area contributed by atoms with Crippen molar-refractivity contribution >= 4 is 0 Å². The lowest BCUT2D eigenvalue weighted by Crippen LogP contribution is -2.28. The molecule has 0 amide bonds. The van der Waals surface area contributed by atoms with Crippen LogP contribution in [0.3, 0.4) is 0 Å². The number of hydrogen-bond donors (Lipinski definition) is 1. The van der Waals surface area contributed by atoms with Gasteiger partial charge in [-0.15, -0.1) is 0 Å². The van der Waals surface area contributed by atoms with Gasteiger partial charge >= 0.3 is 0 Å². The first-order valence-electron chi connectivity index (χ1n) is 6.59. The van der Waals surface area contributed by atoms with Gasteiger partial charge in [0, 0.05) is 6.42 Å². The summed E-state index contributed by atoms with van der Waals surface area (Å²) in [4.78, 5) is 0. The van der Waals surface area contributed by atoms with Crippen LogP contribution in [0, 0.1) is 5.92 Å². The van der Waals surface area contributed by atoms with E-state index in [1.54, 1.807) is 12.5 Å². The molecule has 2 atom stereocenters. The van der Waals surface area contributed by atoms with Crippen molar-refractivity contribution in [2.75, 3.05) is 0 Å². The van der Waals surface area contributed by atoms with E-state index in [0.29, 0.717) is 12.3 Å². The summed E-state index contributed by atoms with van der Waals surface area (Å²) in [7, 11) is 0. The smallest absolute Gasteiger partial charge is 0.0935 e. The first kappa shape index (κ1) is 11.5. The maximum absolute atomic E-state index is 10.3. The Morgan fingerprint density at radius 1 is 1.22 bits per heavy atom. The van der Waals surface area contributed by atoms with E-state index in [-0.39, 0.29) is 6.10 Å². The number of fused-ring (bicyclic) bond motifs is 1. The van der Waals surface area contributed by atoms with Crippen LogP contribution in [0.5, 0.6) is 0 Å². The molecule has 2 heteroatoms. The molecule has 0 saturated heterocycles. The number of rotatable bonds is 3. The van der Waals surface area contributed by atoms with E-state index < -0.39 is 0 Å². The molecule has 2 aromatic rings. The molecule has 2 nitrogen and oxygen atoms in total. The van der Waals surface area contributed by atoms with Crippen molar-refractivity contribution in [2.24, 2.45) is 5.92 Å². The van der Waals surface area contributed by atoms with Gasteiger partial charge < -0.3 is 9.52 Å². The summed E-state index contributed by atoms with van der Waals surface area (Å²) in [5.41, 5.74) is 3.94. The van der Waals surface area contributed by atoms with Gasteiger partial charge in [0.1, 0.15) is 0 Å². The maximum atomic E-state index is 10.3. The molecule has 1 aromatic carbocycles. The number of aliphatic hydroxyl groups is 1. The van der Waals surface area contributed by atoms with Crippen molar-refractivity contribution in [1.82, 2.24) is 0 Å². The first-order chi connectivity index (χ1) is 8.83. The van der Waals surface area contributed by atoms with Gasteiger partial charge in [-0.3, -0.25) is 0 Å². The Hall–Kier alpha value is -1.54. The fraction of sp³-hybridized carbons (Fsp3) is 0.375. The Morgan fingerprint density at radius 2 is 2.06 bits per heavy atom. The Labute approximate surface area is 107 Å². The third-order valence-corrected chi connectivity index (χ3v) is 3.95. The van der Waals surface area contributed by atoms with Gasteiger partial charge in [-0.1, -0.05) is 24.3 Å². The molecule has 3 rings (SSSR count). The summed E-state index contributed by atoms with van der Waals surface area (Å²) in [6.45, 7) is 0. The number of aliphatic hydroxyl groups excluding tert-OH is 1. The lowest BCUT2D eigenvalue weighted by atomic mass is 9.80. The van der Waals surface area contributed by atoms with Gasteiger partial charge in [0.2, 0.25) is 0 Å². The summed E-state index contributed by atoms with van der Waals surface area (Å²) in [5, 5.41) is 10.3. The molecule has 2 unspecified atom stereocenters. The molecule has 1 aliphatic carbocycles. The van der Waals surface area contributed by atoms with Gasteiger partial charge in [0.15, 0.2) is 0 Å². The summed E-state index contributed by atoms with van der Waals surface area (Å²) in [6, 6.07) is 10.5. The second kappa shape index (κ2) is 4.99. The average molecular weight is 242 g/mol. The van der Waals surface area contributed by atoms with E-state index in [4.69, 9.17) is 4.42 Å². The van der Waals surface area contributed by atoms with Gasteiger partial charge in [0.05, 0.1) is 18.6 Å². The maximum Gasteiger partial charge on any atom is 0.0935 e. The van der Waals surface area contributed by atoms with Gasteiger partial charge in [0.25, 0.3) is 0 Å². The highest BCUT2D eigenvalue weighted by Gasteiger charge is 2.24. The standard InChI is InChI=1S/C16H18O2/c17-16(9-12-7-8-18-11-12)15-6-5-13-3-1-2-4-14(13)10-15/h1-4,7-8,11,15-17H,5-6,9-10H2. The zero-order valence-electron chi connectivity index (χ0n) is 10.4. The van der Waals surface area contributed by atoms with Gasteiger partial charge in [-0.2, -0.15) is 0 Å². The molecule has 18 heavy (non-hydrogen) atoms. The largest absolute Gasteiger partial charge is 0.472 e. The van der Waals surface area contributed by atoms with Crippen molar-refractivity contribution < 1.29 is 9.52 Å². The van der Waals surface area contributed by atoms with Crippen LogP contribution in [0.25, 0.3) is 0 Å². The number of furan rings is 1. The molecule has 1 N–H and O–H groups in total. The lowest BCUT2D eigenvalue weighted by Gasteiger charge is -2.28. The van der Waals surface area contributed by atoms with Crippen molar-refractivity contribution in [2.45, 2.75) is 31.8 Å². The Kier molecular flexibility index (Phi) is 3.20. The first-order valence-corrected chi connectivity index (χ1v) is 6.59. The summed E-state index contributed by atoms with van der Waals surface area (Å²) in [6.07, 6.45) is 6.98. The third-order valence-electron chi connectivity index (χ3n) is 3.95. The van der Waals surface area contributed by atoms with Crippen LogP contribution in [-0.4, -0.2) is 11.2 Å². The van der Waals surface area contributed by atoms with Gasteiger partial charge in [-0.25, -0.2) is 0 Å². The normalized spacial score (nSPS) is 20.4. The fourth-order valence-electron chi connectivity index (χ4n) is 2.87. The van der Waals surface area contributed by atoms with Crippen molar-refractivity contribution in [3.63, 3.8) is 0 Å². The molecule has 1 aromatic heterocycles. The lowest BCUT2D eigenvalue weighted by molar-refractivity contribution is 0.0991. The highest BCUT2D eigenvalue weighted by Crippen LogP contribution is 2.28. The minimum absolute atomic E-state index is 0.268. The summed E-state index contributed by atoms with van der Waals surface area (Å²) < 4.78 is 5.05. The van der Waals surface area contributed by atoms with Crippen LogP contribution >= 0.6 is 0 Å². The minimum atomic E-state index is -0.268. The zero-order chi connectivity index (χ0) is 12.4. The van der Waals surface area contributed by atoms with E-state index >= 15 is 0 Å². The highest BCUT2D eigenvalue weighted by atomic mass is 16.3. The molecule has 1 aliphatic rings. The Balaban J connectivity index is 1.68. The van der Waals surface area contributed by atoms with E-state index in [2.05, 4.69) is 24.3 Å². The summed E-state index contributed by atoms with van der Waals surface area (Å²) in [5.74, 6) is 0.370. The molecule has 0 radical (unpaired) electrons. The molecule has 0 spiro atoms. The SMILES string of the molecule is OC(Cc1ccoc1)C1CCc2ccccc2C1. The van der Waals surface area contributed by atoms with Gasteiger partial charge in [-0.05, 0) is 47.9 Å². The quantitative estimate of drug-likeness (QED) is 0.897. The van der Waals surface area contributed by atoms with E-state index in [0.717, 1.165) is 24.8 Å². The predicted octanol–water partition coefficient (Wildman–Crippen LogP) is 2.99. The molecule has 1 heterocycles. The van der Waals surface area contributed by atoms with Crippen LogP contribution in [-0.2, 0) is 19.3 Å². The van der Waals surface area contributed by atoms with E-state index in [9.17, 15) is 5.11 Å².